The number of carbonyl (C=O) groups is 2. The topological polar surface area (TPSA) is 73.3 Å². The monoisotopic (exact) mass is 471 g/mol. The van der Waals surface area contributed by atoms with Gasteiger partial charge in [-0.25, -0.2) is 0 Å². The smallest absolute Gasteiger partial charge is 0.300 e. The van der Waals surface area contributed by atoms with Crippen LogP contribution < -0.4 is 19.4 Å². The van der Waals surface area contributed by atoms with Crippen molar-refractivity contribution in [2.45, 2.75) is 6.04 Å². The summed E-state index contributed by atoms with van der Waals surface area (Å²) in [5.41, 5.74) is 3.60. The summed E-state index contributed by atoms with van der Waals surface area (Å²) >= 11 is 0. The standard InChI is InChI=1S/C28H29N3O4/c1-29(2)19-12-10-18(11-13-19)25-24(26(32)22-8-6-7-9-23(22)35-5)27(33)28(34)31(25)21-16-14-20(15-17-21)30(3)4/h6-17,25,32H,1-5H3/b26-24-. The number of anilines is 3. The van der Waals surface area contributed by atoms with Gasteiger partial charge in [-0.05, 0) is 54.1 Å². The molecule has 1 saturated heterocycles. The molecule has 1 N–H and O–H groups in total. The van der Waals surface area contributed by atoms with E-state index in [1.54, 1.807) is 24.3 Å². The Labute approximate surface area is 205 Å². The van der Waals surface area contributed by atoms with Gasteiger partial charge in [-0.1, -0.05) is 24.3 Å². The first kappa shape index (κ1) is 23.9. The molecule has 1 heterocycles. The van der Waals surface area contributed by atoms with Crippen molar-refractivity contribution in [3.05, 3.63) is 89.5 Å². The van der Waals surface area contributed by atoms with E-state index in [2.05, 4.69) is 0 Å². The summed E-state index contributed by atoms with van der Waals surface area (Å²) in [6, 6.07) is 21.1. The molecule has 35 heavy (non-hydrogen) atoms. The Morgan fingerprint density at radius 1 is 0.829 bits per heavy atom. The number of hydrogen-bond donors (Lipinski definition) is 1. The lowest BCUT2D eigenvalue weighted by atomic mass is 9.94. The van der Waals surface area contributed by atoms with E-state index in [-0.39, 0.29) is 11.3 Å². The molecule has 7 nitrogen and oxygen atoms in total. The number of carbonyl (C=O) groups excluding carboxylic acids is 2. The Bertz CT molecular complexity index is 1280. The van der Waals surface area contributed by atoms with Crippen LogP contribution in [0.4, 0.5) is 17.1 Å². The highest BCUT2D eigenvalue weighted by Gasteiger charge is 2.47. The van der Waals surface area contributed by atoms with Crippen LogP contribution in [-0.2, 0) is 9.59 Å². The third-order valence-electron chi connectivity index (χ3n) is 6.18. The summed E-state index contributed by atoms with van der Waals surface area (Å²) in [6.45, 7) is 0. The largest absolute Gasteiger partial charge is 0.507 e. The van der Waals surface area contributed by atoms with Gasteiger partial charge in [-0.2, -0.15) is 0 Å². The van der Waals surface area contributed by atoms with E-state index in [1.165, 1.54) is 12.0 Å². The number of ketones is 1. The Balaban J connectivity index is 1.92. The first-order chi connectivity index (χ1) is 16.7. The second-order valence-corrected chi connectivity index (χ2v) is 8.77. The molecule has 1 fully saturated rings. The number of methoxy groups -OCH3 is 1. The number of Topliss-reactive ketones (excluding diaryl/α,β-unsaturated/α-hetero) is 1. The summed E-state index contributed by atoms with van der Waals surface area (Å²) in [6.07, 6.45) is 0. The second-order valence-electron chi connectivity index (χ2n) is 8.77. The molecule has 1 atom stereocenters. The van der Waals surface area contributed by atoms with E-state index in [0.717, 1.165) is 11.4 Å². The van der Waals surface area contributed by atoms with Crippen molar-refractivity contribution in [2.24, 2.45) is 0 Å². The minimum atomic E-state index is -0.804. The van der Waals surface area contributed by atoms with Crippen LogP contribution in [0.5, 0.6) is 5.75 Å². The van der Waals surface area contributed by atoms with Gasteiger partial charge in [0, 0.05) is 45.3 Å². The fourth-order valence-corrected chi connectivity index (χ4v) is 4.27. The van der Waals surface area contributed by atoms with Gasteiger partial charge in [-0.3, -0.25) is 14.5 Å². The van der Waals surface area contributed by atoms with Crippen molar-refractivity contribution in [1.82, 2.24) is 0 Å². The lowest BCUT2D eigenvalue weighted by Crippen LogP contribution is -2.29. The van der Waals surface area contributed by atoms with Crippen LogP contribution in [-0.4, -0.2) is 52.1 Å². The molecule has 1 unspecified atom stereocenters. The number of aliphatic hydroxyl groups excluding tert-OH is 1. The molecule has 0 bridgehead atoms. The number of para-hydroxylation sites is 1. The van der Waals surface area contributed by atoms with Gasteiger partial charge in [0.1, 0.15) is 11.5 Å². The van der Waals surface area contributed by atoms with Crippen molar-refractivity contribution >= 4 is 34.5 Å². The van der Waals surface area contributed by atoms with Crippen LogP contribution in [0.1, 0.15) is 17.2 Å². The molecular formula is C28H29N3O4. The predicted octanol–water partition coefficient (Wildman–Crippen LogP) is 4.45. The van der Waals surface area contributed by atoms with E-state index in [1.807, 2.05) is 86.5 Å². The zero-order valence-corrected chi connectivity index (χ0v) is 20.5. The number of rotatable bonds is 6. The lowest BCUT2D eigenvalue weighted by molar-refractivity contribution is -0.132. The van der Waals surface area contributed by atoms with Crippen LogP contribution in [0.25, 0.3) is 5.76 Å². The van der Waals surface area contributed by atoms with Gasteiger partial charge in [-0.15, -0.1) is 0 Å². The van der Waals surface area contributed by atoms with Crippen LogP contribution in [0.3, 0.4) is 0 Å². The minimum Gasteiger partial charge on any atom is -0.507 e. The number of hydrogen-bond acceptors (Lipinski definition) is 6. The average molecular weight is 472 g/mol. The summed E-state index contributed by atoms with van der Waals surface area (Å²) in [7, 11) is 9.24. The second kappa shape index (κ2) is 9.54. The summed E-state index contributed by atoms with van der Waals surface area (Å²) in [5.74, 6) is -1.30. The first-order valence-electron chi connectivity index (χ1n) is 11.2. The van der Waals surface area contributed by atoms with Crippen molar-refractivity contribution in [1.29, 1.82) is 0 Å². The third-order valence-corrected chi connectivity index (χ3v) is 6.18. The van der Waals surface area contributed by atoms with Crippen LogP contribution in [0.2, 0.25) is 0 Å². The summed E-state index contributed by atoms with van der Waals surface area (Å²) < 4.78 is 5.40. The van der Waals surface area contributed by atoms with E-state index in [0.29, 0.717) is 22.6 Å². The van der Waals surface area contributed by atoms with Crippen LogP contribution in [0.15, 0.2) is 78.4 Å². The minimum absolute atomic E-state index is 0.0220. The Hall–Kier alpha value is -4.26. The van der Waals surface area contributed by atoms with Crippen molar-refractivity contribution < 1.29 is 19.4 Å². The fraction of sp³-hybridized carbons (Fsp3) is 0.214. The molecule has 4 rings (SSSR count). The lowest BCUT2D eigenvalue weighted by Gasteiger charge is -2.26. The normalized spacial score (nSPS) is 16.9. The first-order valence-corrected chi connectivity index (χ1v) is 11.2. The molecule has 7 heteroatoms. The quantitative estimate of drug-likeness (QED) is 0.325. The number of amides is 1. The highest BCUT2D eigenvalue weighted by atomic mass is 16.5. The molecular weight excluding hydrogens is 442 g/mol. The van der Waals surface area contributed by atoms with Crippen LogP contribution in [0, 0.1) is 0 Å². The van der Waals surface area contributed by atoms with Crippen LogP contribution >= 0.6 is 0 Å². The maximum atomic E-state index is 13.4. The molecule has 0 aromatic heterocycles. The number of benzene rings is 3. The fourth-order valence-electron chi connectivity index (χ4n) is 4.27. The molecule has 0 spiro atoms. The van der Waals surface area contributed by atoms with Crippen molar-refractivity contribution in [2.75, 3.05) is 50.0 Å². The molecule has 3 aromatic carbocycles. The molecule has 180 valence electrons. The molecule has 1 aliphatic rings. The molecule has 0 radical (unpaired) electrons. The van der Waals surface area contributed by atoms with Gasteiger partial charge in [0.05, 0.1) is 24.3 Å². The SMILES string of the molecule is COc1ccccc1/C(O)=C1/C(=O)C(=O)N(c2ccc(N(C)C)cc2)C1c1ccc(N(C)C)cc1. The van der Waals surface area contributed by atoms with Gasteiger partial charge >= 0.3 is 0 Å². The Kier molecular flexibility index (Phi) is 6.51. The molecule has 3 aromatic rings. The highest BCUT2D eigenvalue weighted by Crippen LogP contribution is 2.43. The summed E-state index contributed by atoms with van der Waals surface area (Å²) in [5, 5.41) is 11.4. The summed E-state index contributed by atoms with van der Waals surface area (Å²) in [4.78, 5) is 32.1. The van der Waals surface area contributed by atoms with Gasteiger partial charge in [0.25, 0.3) is 11.7 Å². The maximum Gasteiger partial charge on any atom is 0.300 e. The number of nitrogens with zero attached hydrogens (tertiary/aromatic N) is 3. The zero-order valence-electron chi connectivity index (χ0n) is 20.5. The van der Waals surface area contributed by atoms with Crippen molar-refractivity contribution in [3.8, 4) is 5.75 Å². The van der Waals surface area contributed by atoms with E-state index in [9.17, 15) is 14.7 Å². The van der Waals surface area contributed by atoms with Crippen molar-refractivity contribution in [3.63, 3.8) is 0 Å². The predicted molar refractivity (Wildman–Crippen MR) is 139 cm³/mol. The van der Waals surface area contributed by atoms with Gasteiger partial charge < -0.3 is 19.6 Å². The Morgan fingerprint density at radius 2 is 1.37 bits per heavy atom. The van der Waals surface area contributed by atoms with Gasteiger partial charge in [0.2, 0.25) is 0 Å². The highest BCUT2D eigenvalue weighted by molar-refractivity contribution is 6.51. The molecule has 1 aliphatic heterocycles. The number of aliphatic hydroxyl groups is 1. The average Bonchev–Trinajstić information content (AvgIpc) is 3.13. The number of ether oxygens (including phenoxy) is 1. The maximum absolute atomic E-state index is 13.4. The van der Waals surface area contributed by atoms with E-state index >= 15 is 0 Å². The molecule has 0 aliphatic carbocycles. The Morgan fingerprint density at radius 3 is 1.91 bits per heavy atom. The molecule has 1 amide bonds. The molecule has 0 saturated carbocycles. The van der Waals surface area contributed by atoms with E-state index < -0.39 is 17.7 Å². The zero-order chi connectivity index (χ0) is 25.3. The van der Waals surface area contributed by atoms with Gasteiger partial charge in [0.15, 0.2) is 0 Å². The van der Waals surface area contributed by atoms with E-state index in [4.69, 9.17) is 4.74 Å². The third kappa shape index (κ3) is 4.33.